The number of hydrogen-bond donors (Lipinski definition) is 10. The van der Waals surface area contributed by atoms with Gasteiger partial charge in [0.1, 0.15) is 36.8 Å². The van der Waals surface area contributed by atoms with Crippen LogP contribution in [0.2, 0.25) is 0 Å². The third-order valence-electron chi connectivity index (χ3n) is 19.9. The average molecular weight is 1380 g/mol. The van der Waals surface area contributed by atoms with Crippen molar-refractivity contribution in [2.24, 2.45) is 27.9 Å². The maximum absolute atomic E-state index is 14.2. The smallest absolute Gasteiger partial charge is 0.410 e. The molecular weight excluding hydrogens is 1290 g/mol. The van der Waals surface area contributed by atoms with E-state index < -0.39 is 107 Å². The van der Waals surface area contributed by atoms with Crippen LogP contribution in [-0.2, 0) is 71.3 Å². The lowest BCUT2D eigenvalue weighted by Gasteiger charge is -2.69. The van der Waals surface area contributed by atoms with Gasteiger partial charge in [-0.05, 0) is 159 Å². The van der Waals surface area contributed by atoms with Crippen molar-refractivity contribution < 1.29 is 81.5 Å². The molecule has 4 amide bonds. The number of pyridine rings is 1. The van der Waals surface area contributed by atoms with E-state index >= 15 is 0 Å². The minimum absolute atomic E-state index is 0.0291. The quantitative estimate of drug-likeness (QED) is 0.0280. The number of nitrogens with two attached hydrogens (primary N) is 1. The van der Waals surface area contributed by atoms with E-state index in [1.54, 1.807) is 38.2 Å². The zero-order valence-electron chi connectivity index (χ0n) is 54.9. The molecule has 2 aliphatic heterocycles. The number of carbonyl (C=O) groups is 6. The number of nitrogens with one attached hydrogen (secondary N) is 3. The fraction of sp³-hybridized carbons (Fsp3) is 0.515. The molecule has 1 saturated heterocycles. The number of para-hydroxylation sites is 1. The van der Waals surface area contributed by atoms with Gasteiger partial charge in [-0.15, -0.1) is 0 Å². The average Bonchev–Trinajstić information content (AvgIpc) is 0.762. The van der Waals surface area contributed by atoms with Crippen molar-refractivity contribution in [3.05, 3.63) is 118 Å². The molecule has 4 bridgehead atoms. The maximum atomic E-state index is 14.2. The number of nitrogens with zero attached hydrogens (tertiary/aromatic N) is 6. The molecule has 27 nitrogen and oxygen atoms in total. The van der Waals surface area contributed by atoms with Gasteiger partial charge in [-0.2, -0.15) is 13.5 Å². The van der Waals surface area contributed by atoms with Gasteiger partial charge in [-0.1, -0.05) is 69.4 Å². The van der Waals surface area contributed by atoms with Crippen molar-refractivity contribution >= 4 is 84.1 Å². The first-order chi connectivity index (χ1) is 45.8. The SMILES string of the molecule is Cc1c(-c2ccc(N3CCc4cccc(C(=O)Nc5nc6ccccc6s5)c4C3)nc2C(=O)O)cnn1CC12CC3(C)CC(C)(C1)CC(OCCN(CCS(=O)(=O)O)C(=O)OCc1ccc(NC(=O)[C@H](C)NC(=O)[C@@H](N)C(C)C)cc1CC[C@@H]1O[C@H](C(=O)O)[C@@H](O)[C@H](O)[C@H]1O)(C3)C2. The number of benzene rings is 3. The summed E-state index contributed by atoms with van der Waals surface area (Å²) in [5, 5.41) is 65.9. The third-order valence-corrected chi connectivity index (χ3v) is 21.5. The highest BCUT2D eigenvalue weighted by molar-refractivity contribution is 7.85. The zero-order chi connectivity index (χ0) is 69.7. The van der Waals surface area contributed by atoms with Gasteiger partial charge < -0.3 is 65.9 Å². The molecule has 4 aliphatic carbocycles. The summed E-state index contributed by atoms with van der Waals surface area (Å²) in [7, 11) is -4.59. The number of aromatic nitrogens is 4. The van der Waals surface area contributed by atoms with Crippen molar-refractivity contribution in [3.63, 3.8) is 0 Å². The van der Waals surface area contributed by atoms with Crippen molar-refractivity contribution in [2.45, 2.75) is 167 Å². The normalized spacial score (nSPS) is 25.7. The van der Waals surface area contributed by atoms with Crippen molar-refractivity contribution in [1.82, 2.24) is 30.0 Å². The number of anilines is 3. The summed E-state index contributed by atoms with van der Waals surface area (Å²) in [6.07, 6.45) is -2.72. The first-order valence-electron chi connectivity index (χ1n) is 32.5. The molecule has 12 rings (SSSR count). The zero-order valence-corrected chi connectivity index (χ0v) is 56.5. The number of ether oxygens (including phenoxy) is 3. The summed E-state index contributed by atoms with van der Waals surface area (Å²) in [5.41, 5.74) is 10.4. The van der Waals surface area contributed by atoms with Gasteiger partial charge in [0.15, 0.2) is 16.9 Å². The molecule has 0 spiro atoms. The number of aryl methyl sites for hydroxylation is 1. The summed E-state index contributed by atoms with van der Waals surface area (Å²) < 4.78 is 55.6. The van der Waals surface area contributed by atoms with Crippen molar-refractivity contribution in [3.8, 4) is 11.1 Å². The number of carbonyl (C=O) groups excluding carboxylic acids is 4. The van der Waals surface area contributed by atoms with Gasteiger partial charge in [0.05, 0.1) is 46.5 Å². The van der Waals surface area contributed by atoms with Gasteiger partial charge in [0.2, 0.25) is 11.8 Å². The van der Waals surface area contributed by atoms with E-state index in [-0.39, 0.29) is 65.4 Å². The summed E-state index contributed by atoms with van der Waals surface area (Å²) >= 11 is 1.39. The van der Waals surface area contributed by atoms with Crippen LogP contribution in [-0.4, -0.2) is 179 Å². The lowest BCUT2D eigenvalue weighted by Crippen LogP contribution is -2.64. The van der Waals surface area contributed by atoms with Crippen LogP contribution in [0.4, 0.5) is 21.4 Å². The van der Waals surface area contributed by atoms with Crippen LogP contribution in [0, 0.1) is 29.1 Å². The number of aliphatic carboxylic acids is 1. The fourth-order valence-electron chi connectivity index (χ4n) is 16.2. The Kier molecular flexibility index (Phi) is 20.1. The number of aliphatic hydroxyl groups excluding tert-OH is 3. The summed E-state index contributed by atoms with van der Waals surface area (Å²) in [4.78, 5) is 91.7. The molecule has 0 radical (unpaired) electrons. The van der Waals surface area contributed by atoms with E-state index in [0.29, 0.717) is 71.2 Å². The van der Waals surface area contributed by atoms with Gasteiger partial charge >= 0.3 is 18.0 Å². The number of rotatable bonds is 25. The van der Waals surface area contributed by atoms with E-state index in [4.69, 9.17) is 30.0 Å². The van der Waals surface area contributed by atoms with Crippen LogP contribution in [0.25, 0.3) is 21.3 Å². The Bertz CT molecular complexity index is 4090. The van der Waals surface area contributed by atoms with Gasteiger partial charge in [-0.3, -0.25) is 28.9 Å². The van der Waals surface area contributed by atoms with Crippen LogP contribution in [0.3, 0.4) is 0 Å². The third kappa shape index (κ3) is 15.5. The molecule has 9 atom stereocenters. The van der Waals surface area contributed by atoms with E-state index in [9.17, 15) is 67.3 Å². The highest BCUT2D eigenvalue weighted by Crippen LogP contribution is 2.72. The summed E-state index contributed by atoms with van der Waals surface area (Å²) in [6, 6.07) is 19.6. The molecule has 2 unspecified atom stereocenters. The predicted octanol–water partition coefficient (Wildman–Crippen LogP) is 6.33. The van der Waals surface area contributed by atoms with Crippen LogP contribution in [0.15, 0.2) is 79.0 Å². The second-order valence-electron chi connectivity index (χ2n) is 28.2. The highest BCUT2D eigenvalue weighted by atomic mass is 32.2. The van der Waals surface area contributed by atoms with Crippen LogP contribution in [0.1, 0.15) is 128 Å². The molecule has 5 heterocycles. The monoisotopic (exact) mass is 1380 g/mol. The number of carboxylic acids is 2. The number of amides is 4. The van der Waals surface area contributed by atoms with Gasteiger partial charge in [0, 0.05) is 60.8 Å². The standard InChI is InChI=1S/C68H84N10O17S2/c1-37(2)52(69)60(84)71-38(3)58(82)72-43-16-14-42(41(26-43)15-18-49-54(79)55(80)56(81)57(95-49)62(87)88)29-93-64(89)76(23-25-97(90,91)92)22-24-94-68-33-65(5)30-66(6,34-68)32-67(31-65,35-68)36-78-39(4)46(27-70-78)44-17-19-51(74-53(44)61(85)86)77-21-20-40-10-9-11-45(47(40)28-77)59(83)75-63-73-48-12-7-8-13-50(48)96-63/h7-14,16-17,19,26-27,37-38,49,52,54-57,79-81H,15,18,20-25,28-36,69H2,1-6H3,(H,71,84)(H,72,82)(H,85,86)(H,87,88)(H,73,75,83)(H,90,91,92)/t38-,49-,52-,54-,55+,56-,57-,65?,66?,67?,68?/m0/s1. The molecule has 97 heavy (non-hydrogen) atoms. The predicted molar refractivity (Wildman–Crippen MR) is 357 cm³/mol. The van der Waals surface area contributed by atoms with E-state index in [1.165, 1.54) is 30.4 Å². The van der Waals surface area contributed by atoms with Gasteiger partial charge in [0.25, 0.3) is 16.0 Å². The molecule has 6 aromatic rings. The topological polar surface area (TPSA) is 398 Å². The second-order valence-corrected chi connectivity index (χ2v) is 30.8. The Hall–Kier alpha value is -8.00. The van der Waals surface area contributed by atoms with E-state index in [0.717, 1.165) is 64.0 Å². The molecule has 5 fully saturated rings. The minimum atomic E-state index is -4.59. The Morgan fingerprint density at radius 1 is 0.845 bits per heavy atom. The molecule has 520 valence electrons. The number of fused-ring (bicyclic) bond motifs is 2. The molecular formula is C68H84N10O17S2. The first-order valence-corrected chi connectivity index (χ1v) is 35.0. The molecule has 6 aliphatic rings. The Morgan fingerprint density at radius 3 is 2.29 bits per heavy atom. The Morgan fingerprint density at radius 2 is 1.59 bits per heavy atom. The lowest BCUT2D eigenvalue weighted by atomic mass is 9.39. The molecule has 3 aromatic carbocycles. The largest absolute Gasteiger partial charge is 0.479 e. The number of thiazole rings is 1. The van der Waals surface area contributed by atoms with Crippen LogP contribution >= 0.6 is 11.3 Å². The molecule has 3 aromatic heterocycles. The van der Waals surface area contributed by atoms with Crippen LogP contribution < -0.4 is 26.6 Å². The molecule has 11 N–H and O–H groups in total. The summed E-state index contributed by atoms with van der Waals surface area (Å²) in [5.74, 6) is -4.78. The fourth-order valence-corrected chi connectivity index (χ4v) is 17.6. The lowest BCUT2D eigenvalue weighted by molar-refractivity contribution is -0.248. The van der Waals surface area contributed by atoms with E-state index in [1.807, 2.05) is 59.0 Å². The summed E-state index contributed by atoms with van der Waals surface area (Å²) in [6.45, 7) is 11.7. The number of hydrogen-bond acceptors (Lipinski definition) is 20. The molecule has 4 saturated carbocycles. The first kappa shape index (κ1) is 70.3. The van der Waals surface area contributed by atoms with Crippen molar-refractivity contribution in [1.29, 1.82) is 0 Å². The number of aliphatic hydroxyl groups is 3. The second kappa shape index (κ2) is 27.7. The van der Waals surface area contributed by atoms with Crippen LogP contribution in [0.5, 0.6) is 0 Å². The Balaban J connectivity index is 0.771. The molecule has 29 heteroatoms. The highest BCUT2D eigenvalue weighted by Gasteiger charge is 2.66. The van der Waals surface area contributed by atoms with Crippen molar-refractivity contribution in [2.75, 3.05) is 47.5 Å². The Labute approximate surface area is 564 Å². The number of carboxylic acid groups (broad SMARTS) is 2. The van der Waals surface area contributed by atoms with Gasteiger partial charge in [-0.25, -0.2) is 24.4 Å². The minimum Gasteiger partial charge on any atom is -0.479 e. The number of aromatic carboxylic acids is 1. The van der Waals surface area contributed by atoms with E-state index in [2.05, 4.69) is 34.8 Å². The maximum Gasteiger partial charge on any atom is 0.410 e.